The van der Waals surface area contributed by atoms with E-state index in [0.29, 0.717) is 12.1 Å². The van der Waals surface area contributed by atoms with Crippen LogP contribution in [0, 0.1) is 0 Å². The maximum Gasteiger partial charge on any atom is 0.211 e. The summed E-state index contributed by atoms with van der Waals surface area (Å²) < 4.78 is 5.43. The van der Waals surface area contributed by atoms with Crippen molar-refractivity contribution in [2.45, 2.75) is 46.7 Å². The van der Waals surface area contributed by atoms with Gasteiger partial charge in [-0.2, -0.15) is 0 Å². The zero-order chi connectivity index (χ0) is 10.3. The minimum absolute atomic E-state index is 0.545. The molecule has 0 saturated heterocycles. The predicted molar refractivity (Wildman–Crippen MR) is 60.2 cm³/mol. The van der Waals surface area contributed by atoms with Gasteiger partial charge in [0.1, 0.15) is 0 Å². The molecule has 80 valence electrons. The Morgan fingerprint density at radius 3 is 1.85 bits per heavy atom. The van der Waals surface area contributed by atoms with Crippen molar-refractivity contribution in [1.29, 1.82) is 0 Å². The Morgan fingerprint density at radius 1 is 1.08 bits per heavy atom. The Bertz CT molecular complexity index is 110. The zero-order valence-electron chi connectivity index (χ0n) is 9.55. The molecule has 0 aliphatic heterocycles. The number of hydrogen-bond donors (Lipinski definition) is 2. The minimum atomic E-state index is -1.09. The molecular formula is C9H24N2OSi. The molecule has 0 bridgehead atoms. The van der Waals surface area contributed by atoms with Gasteiger partial charge >= 0.3 is 0 Å². The second-order valence-corrected chi connectivity index (χ2v) is 5.96. The first kappa shape index (κ1) is 13.1. The topological polar surface area (TPSA) is 33.3 Å². The molecule has 0 aromatic rings. The van der Waals surface area contributed by atoms with Crippen LogP contribution in [0.5, 0.6) is 0 Å². The van der Waals surface area contributed by atoms with E-state index in [2.05, 4.69) is 37.7 Å². The minimum Gasteiger partial charge on any atom is -0.382 e. The largest absolute Gasteiger partial charge is 0.382 e. The Balaban J connectivity index is 3.73. The van der Waals surface area contributed by atoms with Crippen LogP contribution < -0.4 is 9.96 Å². The predicted octanol–water partition coefficient (Wildman–Crippen LogP) is 0.779. The number of nitrogens with one attached hydrogen (secondary N) is 2. The van der Waals surface area contributed by atoms with E-state index in [-0.39, 0.29) is 0 Å². The van der Waals surface area contributed by atoms with E-state index < -0.39 is 9.12 Å². The van der Waals surface area contributed by atoms with E-state index in [1.807, 2.05) is 6.92 Å². The third-order valence-corrected chi connectivity index (χ3v) is 4.26. The van der Waals surface area contributed by atoms with E-state index in [9.17, 15) is 0 Å². The summed E-state index contributed by atoms with van der Waals surface area (Å²) >= 11 is 0. The van der Waals surface area contributed by atoms with Crippen molar-refractivity contribution in [3.05, 3.63) is 0 Å². The zero-order valence-corrected chi connectivity index (χ0v) is 10.7. The summed E-state index contributed by atoms with van der Waals surface area (Å²) in [5, 5.41) is 0. The van der Waals surface area contributed by atoms with Crippen LogP contribution in [0.3, 0.4) is 0 Å². The fourth-order valence-corrected chi connectivity index (χ4v) is 3.55. The molecule has 13 heavy (non-hydrogen) atoms. The SMILES string of the molecule is CCOC[SiH](NC(C)C)NC(C)C. The molecule has 0 unspecified atom stereocenters. The van der Waals surface area contributed by atoms with Gasteiger partial charge in [0.15, 0.2) is 0 Å². The lowest BCUT2D eigenvalue weighted by Crippen LogP contribution is -2.55. The van der Waals surface area contributed by atoms with Crippen molar-refractivity contribution >= 4 is 9.12 Å². The monoisotopic (exact) mass is 204 g/mol. The van der Waals surface area contributed by atoms with Gasteiger partial charge in [-0.15, -0.1) is 0 Å². The summed E-state index contributed by atoms with van der Waals surface area (Å²) in [6, 6.07) is 1.09. The molecule has 0 amide bonds. The molecule has 0 heterocycles. The summed E-state index contributed by atoms with van der Waals surface area (Å²) in [7, 11) is -1.09. The van der Waals surface area contributed by atoms with Gasteiger partial charge in [-0.3, -0.25) is 0 Å². The molecule has 0 aromatic heterocycles. The van der Waals surface area contributed by atoms with Crippen molar-refractivity contribution in [2.24, 2.45) is 0 Å². The van der Waals surface area contributed by atoms with E-state index in [0.717, 1.165) is 12.8 Å². The van der Waals surface area contributed by atoms with E-state index >= 15 is 0 Å². The quantitative estimate of drug-likeness (QED) is 0.601. The first-order chi connectivity index (χ1) is 6.06. The number of hydrogen-bond acceptors (Lipinski definition) is 3. The first-order valence-corrected chi connectivity index (χ1v) is 7.13. The summed E-state index contributed by atoms with van der Waals surface area (Å²) in [6.07, 6.45) is 0.868. The fraction of sp³-hybridized carbons (Fsp3) is 1.00. The van der Waals surface area contributed by atoms with Crippen LogP contribution in [0.15, 0.2) is 0 Å². The molecule has 2 N–H and O–H groups in total. The van der Waals surface area contributed by atoms with Crippen LogP contribution in [-0.2, 0) is 4.74 Å². The number of ether oxygens (including phenoxy) is 1. The fourth-order valence-electron chi connectivity index (χ4n) is 1.18. The third kappa shape index (κ3) is 8.43. The summed E-state index contributed by atoms with van der Waals surface area (Å²) in [6.45, 7) is 11.5. The Hall–Kier alpha value is 0.0969. The lowest BCUT2D eigenvalue weighted by atomic mass is 10.4. The highest BCUT2D eigenvalue weighted by Crippen LogP contribution is 1.85. The van der Waals surface area contributed by atoms with Crippen molar-refractivity contribution in [1.82, 2.24) is 9.96 Å². The molecule has 0 fully saturated rings. The van der Waals surface area contributed by atoms with E-state index in [1.165, 1.54) is 0 Å². The van der Waals surface area contributed by atoms with Gasteiger partial charge in [-0.25, -0.2) is 0 Å². The molecule has 4 heteroatoms. The molecule has 3 nitrogen and oxygen atoms in total. The molecular weight excluding hydrogens is 180 g/mol. The second kappa shape index (κ2) is 7.50. The second-order valence-electron chi connectivity index (χ2n) is 3.85. The number of rotatable bonds is 7. The van der Waals surface area contributed by atoms with Gasteiger partial charge in [0.2, 0.25) is 9.12 Å². The molecule has 0 atom stereocenters. The van der Waals surface area contributed by atoms with Crippen molar-refractivity contribution in [3.8, 4) is 0 Å². The highest BCUT2D eigenvalue weighted by molar-refractivity contribution is 6.53. The van der Waals surface area contributed by atoms with Crippen molar-refractivity contribution in [2.75, 3.05) is 12.8 Å². The molecule has 0 aliphatic carbocycles. The van der Waals surface area contributed by atoms with Crippen LogP contribution in [0.25, 0.3) is 0 Å². The first-order valence-electron chi connectivity index (χ1n) is 5.16. The third-order valence-electron chi connectivity index (χ3n) is 1.56. The molecule has 0 aromatic carbocycles. The highest BCUT2D eigenvalue weighted by Gasteiger charge is 2.12. The lowest BCUT2D eigenvalue weighted by molar-refractivity contribution is 0.187. The maximum absolute atomic E-state index is 5.43. The van der Waals surface area contributed by atoms with E-state index in [1.54, 1.807) is 0 Å². The summed E-state index contributed by atoms with van der Waals surface area (Å²) in [4.78, 5) is 7.10. The Morgan fingerprint density at radius 2 is 1.54 bits per heavy atom. The van der Waals surface area contributed by atoms with Crippen LogP contribution in [0.4, 0.5) is 0 Å². The smallest absolute Gasteiger partial charge is 0.211 e. The van der Waals surface area contributed by atoms with Gasteiger partial charge in [0, 0.05) is 6.61 Å². The van der Waals surface area contributed by atoms with Crippen molar-refractivity contribution < 1.29 is 4.74 Å². The molecule has 0 spiro atoms. The van der Waals surface area contributed by atoms with Gasteiger partial charge in [0.05, 0.1) is 6.23 Å². The van der Waals surface area contributed by atoms with Crippen LogP contribution in [-0.4, -0.2) is 34.0 Å². The van der Waals surface area contributed by atoms with Crippen LogP contribution >= 0.6 is 0 Å². The average molecular weight is 204 g/mol. The Labute approximate surface area is 84.0 Å². The molecule has 0 saturated carbocycles. The van der Waals surface area contributed by atoms with Gasteiger partial charge in [-0.1, -0.05) is 27.7 Å². The molecule has 0 radical (unpaired) electrons. The van der Waals surface area contributed by atoms with Crippen LogP contribution in [0.1, 0.15) is 34.6 Å². The normalized spacial score (nSPS) is 12.0. The van der Waals surface area contributed by atoms with Gasteiger partial charge in [0.25, 0.3) is 0 Å². The van der Waals surface area contributed by atoms with Gasteiger partial charge < -0.3 is 14.7 Å². The Kier molecular flexibility index (Phi) is 7.55. The molecule has 0 rings (SSSR count). The maximum atomic E-state index is 5.43. The highest BCUT2D eigenvalue weighted by atomic mass is 28.3. The van der Waals surface area contributed by atoms with Gasteiger partial charge in [-0.05, 0) is 19.0 Å². The van der Waals surface area contributed by atoms with E-state index in [4.69, 9.17) is 4.74 Å². The standard InChI is InChI=1S/C9H24N2OSi/c1-6-12-7-13(10-8(2)3)11-9(4)5/h8-11,13H,6-7H2,1-5H3. The van der Waals surface area contributed by atoms with Crippen molar-refractivity contribution in [3.63, 3.8) is 0 Å². The van der Waals surface area contributed by atoms with Crippen LogP contribution in [0.2, 0.25) is 0 Å². The lowest BCUT2D eigenvalue weighted by Gasteiger charge is -2.22. The molecule has 0 aliphatic rings. The average Bonchev–Trinajstić information content (AvgIpc) is 1.98. The summed E-state index contributed by atoms with van der Waals surface area (Å²) in [5.74, 6) is 0. The summed E-state index contributed by atoms with van der Waals surface area (Å²) in [5.41, 5.74) is 0.